The summed E-state index contributed by atoms with van der Waals surface area (Å²) in [5.41, 5.74) is 0. The van der Waals surface area contributed by atoms with E-state index in [9.17, 15) is 4.79 Å². The fourth-order valence-electron chi connectivity index (χ4n) is 2.52. The number of hydrogen-bond acceptors (Lipinski definition) is 3. The van der Waals surface area contributed by atoms with Gasteiger partial charge < -0.3 is 15.5 Å². The molecule has 0 aromatic rings. The van der Waals surface area contributed by atoms with Crippen LogP contribution in [-0.2, 0) is 4.79 Å². The molecule has 0 radical (unpaired) electrons. The third kappa shape index (κ3) is 6.92. The van der Waals surface area contributed by atoms with Crippen molar-refractivity contribution >= 4 is 5.91 Å². The minimum Gasteiger partial charge on any atom is -0.354 e. The molecule has 2 unspecified atom stereocenters. The molecule has 19 heavy (non-hydrogen) atoms. The lowest BCUT2D eigenvalue weighted by Crippen LogP contribution is -2.37. The quantitative estimate of drug-likeness (QED) is 0.740. The average molecular weight is 269 g/mol. The van der Waals surface area contributed by atoms with Crippen LogP contribution in [0.1, 0.15) is 52.9 Å². The number of likely N-dealkylation sites (tertiary alicyclic amines) is 1. The van der Waals surface area contributed by atoms with E-state index in [1.165, 1.54) is 32.4 Å². The van der Waals surface area contributed by atoms with Crippen LogP contribution in [0.15, 0.2) is 0 Å². The van der Waals surface area contributed by atoms with Crippen molar-refractivity contribution in [3.63, 3.8) is 0 Å². The summed E-state index contributed by atoms with van der Waals surface area (Å²) in [4.78, 5) is 14.2. The van der Waals surface area contributed by atoms with Crippen molar-refractivity contribution < 1.29 is 4.79 Å². The van der Waals surface area contributed by atoms with E-state index in [4.69, 9.17) is 0 Å². The molecule has 1 aliphatic rings. The van der Waals surface area contributed by atoms with E-state index in [1.807, 2.05) is 0 Å². The van der Waals surface area contributed by atoms with Crippen molar-refractivity contribution in [1.29, 1.82) is 0 Å². The van der Waals surface area contributed by atoms with Crippen LogP contribution in [-0.4, -0.2) is 49.1 Å². The highest BCUT2D eigenvalue weighted by Crippen LogP contribution is 2.10. The number of carbonyl (C=O) groups is 1. The van der Waals surface area contributed by atoms with Gasteiger partial charge in [-0.05, 0) is 52.2 Å². The molecule has 0 spiro atoms. The number of amides is 1. The molecule has 4 nitrogen and oxygen atoms in total. The zero-order chi connectivity index (χ0) is 14.1. The third-order valence-electron chi connectivity index (χ3n) is 4.07. The molecular weight excluding hydrogens is 238 g/mol. The first-order valence-electron chi connectivity index (χ1n) is 7.90. The predicted molar refractivity (Wildman–Crippen MR) is 80.3 cm³/mol. The molecule has 2 atom stereocenters. The van der Waals surface area contributed by atoms with Gasteiger partial charge in [0.25, 0.3) is 0 Å². The summed E-state index contributed by atoms with van der Waals surface area (Å²) in [5.74, 6) is 0.172. The Bertz CT molecular complexity index is 258. The van der Waals surface area contributed by atoms with Gasteiger partial charge in [0.15, 0.2) is 0 Å². The number of rotatable bonds is 7. The van der Waals surface area contributed by atoms with E-state index < -0.39 is 0 Å². The molecule has 1 amide bonds. The van der Waals surface area contributed by atoms with Gasteiger partial charge in [-0.1, -0.05) is 13.8 Å². The van der Waals surface area contributed by atoms with E-state index in [0.29, 0.717) is 18.5 Å². The van der Waals surface area contributed by atoms with E-state index in [1.54, 1.807) is 0 Å². The van der Waals surface area contributed by atoms with Crippen molar-refractivity contribution in [2.75, 3.05) is 26.2 Å². The molecule has 0 aromatic carbocycles. The van der Waals surface area contributed by atoms with Crippen LogP contribution in [0.25, 0.3) is 0 Å². The largest absolute Gasteiger partial charge is 0.354 e. The number of hydrogen-bond donors (Lipinski definition) is 2. The molecule has 2 N–H and O–H groups in total. The Kier molecular flexibility index (Phi) is 8.07. The molecule has 112 valence electrons. The second kappa shape index (κ2) is 9.32. The topological polar surface area (TPSA) is 44.4 Å². The van der Waals surface area contributed by atoms with Gasteiger partial charge in [-0.25, -0.2) is 0 Å². The Morgan fingerprint density at radius 2 is 2.11 bits per heavy atom. The zero-order valence-corrected chi connectivity index (χ0v) is 12.9. The minimum absolute atomic E-state index is 0.172. The molecule has 1 rings (SSSR count). The fraction of sp³-hybridized carbons (Fsp3) is 0.933. The monoisotopic (exact) mass is 269 g/mol. The molecule has 1 fully saturated rings. The van der Waals surface area contributed by atoms with E-state index in [0.717, 1.165) is 19.5 Å². The van der Waals surface area contributed by atoms with Gasteiger partial charge in [-0.3, -0.25) is 4.79 Å². The Balaban J connectivity index is 2.13. The highest BCUT2D eigenvalue weighted by atomic mass is 16.1. The van der Waals surface area contributed by atoms with Gasteiger partial charge in [0.05, 0.1) is 0 Å². The lowest BCUT2D eigenvalue weighted by Gasteiger charge is -2.18. The average Bonchev–Trinajstić information content (AvgIpc) is 2.63. The van der Waals surface area contributed by atoms with Crippen LogP contribution in [0.4, 0.5) is 0 Å². The second-order valence-electron chi connectivity index (χ2n) is 5.64. The van der Waals surface area contributed by atoms with Crippen LogP contribution in [0.5, 0.6) is 0 Å². The van der Waals surface area contributed by atoms with Crippen molar-refractivity contribution in [3.8, 4) is 0 Å². The van der Waals surface area contributed by atoms with Gasteiger partial charge in [0.1, 0.15) is 0 Å². The number of carbonyl (C=O) groups excluding carboxylic acids is 1. The summed E-state index contributed by atoms with van der Waals surface area (Å²) >= 11 is 0. The van der Waals surface area contributed by atoms with Crippen LogP contribution < -0.4 is 10.6 Å². The molecule has 4 heteroatoms. The van der Waals surface area contributed by atoms with Crippen molar-refractivity contribution in [2.45, 2.75) is 65.0 Å². The third-order valence-corrected chi connectivity index (χ3v) is 4.07. The first-order chi connectivity index (χ1) is 9.15. The molecule has 0 aliphatic carbocycles. The standard InChI is InChI=1S/C15H31N3O/c1-4-13(3)17-15(19)8-10-16-14-7-6-11-18(5-2)12-9-14/h13-14,16H,4-12H2,1-3H3,(H,17,19). The smallest absolute Gasteiger partial charge is 0.221 e. The normalized spacial score (nSPS) is 22.8. The maximum Gasteiger partial charge on any atom is 0.221 e. The van der Waals surface area contributed by atoms with E-state index in [2.05, 4.69) is 36.3 Å². The first kappa shape index (κ1) is 16.4. The molecule has 0 aromatic heterocycles. The van der Waals surface area contributed by atoms with E-state index >= 15 is 0 Å². The summed E-state index contributed by atoms with van der Waals surface area (Å²) in [5, 5.41) is 6.55. The SMILES string of the molecule is CCC(C)NC(=O)CCNC1CCCN(CC)CC1. The lowest BCUT2D eigenvalue weighted by molar-refractivity contribution is -0.121. The van der Waals surface area contributed by atoms with Gasteiger partial charge >= 0.3 is 0 Å². The Morgan fingerprint density at radius 1 is 1.32 bits per heavy atom. The zero-order valence-electron chi connectivity index (χ0n) is 12.9. The molecular formula is C15H31N3O. The maximum absolute atomic E-state index is 11.7. The maximum atomic E-state index is 11.7. The van der Waals surface area contributed by atoms with Gasteiger partial charge in [-0.15, -0.1) is 0 Å². The summed E-state index contributed by atoms with van der Waals surface area (Å²) in [6.07, 6.45) is 5.31. The Morgan fingerprint density at radius 3 is 2.79 bits per heavy atom. The fourth-order valence-corrected chi connectivity index (χ4v) is 2.52. The Labute approximate surface area is 118 Å². The Hall–Kier alpha value is -0.610. The summed E-state index contributed by atoms with van der Waals surface area (Å²) in [6.45, 7) is 10.7. The number of nitrogens with zero attached hydrogens (tertiary/aromatic N) is 1. The van der Waals surface area contributed by atoms with Crippen molar-refractivity contribution in [1.82, 2.24) is 15.5 Å². The number of nitrogens with one attached hydrogen (secondary N) is 2. The van der Waals surface area contributed by atoms with Crippen LogP contribution in [0.3, 0.4) is 0 Å². The molecule has 1 saturated heterocycles. The first-order valence-corrected chi connectivity index (χ1v) is 7.90. The van der Waals surface area contributed by atoms with Gasteiger partial charge in [-0.2, -0.15) is 0 Å². The van der Waals surface area contributed by atoms with Crippen LogP contribution in [0.2, 0.25) is 0 Å². The van der Waals surface area contributed by atoms with Crippen molar-refractivity contribution in [3.05, 3.63) is 0 Å². The lowest BCUT2D eigenvalue weighted by atomic mass is 10.1. The van der Waals surface area contributed by atoms with Gasteiger partial charge in [0.2, 0.25) is 5.91 Å². The van der Waals surface area contributed by atoms with Crippen LogP contribution >= 0.6 is 0 Å². The second-order valence-corrected chi connectivity index (χ2v) is 5.64. The molecule has 0 bridgehead atoms. The highest BCUT2D eigenvalue weighted by Gasteiger charge is 2.15. The highest BCUT2D eigenvalue weighted by molar-refractivity contribution is 5.76. The minimum atomic E-state index is 0.172. The molecule has 1 heterocycles. The van der Waals surface area contributed by atoms with Crippen molar-refractivity contribution in [2.24, 2.45) is 0 Å². The predicted octanol–water partition coefficient (Wildman–Crippen LogP) is 1.76. The summed E-state index contributed by atoms with van der Waals surface area (Å²) in [6, 6.07) is 0.886. The van der Waals surface area contributed by atoms with Crippen LogP contribution in [0, 0.1) is 0 Å². The summed E-state index contributed by atoms with van der Waals surface area (Å²) < 4.78 is 0. The summed E-state index contributed by atoms with van der Waals surface area (Å²) in [7, 11) is 0. The molecule has 1 aliphatic heterocycles. The van der Waals surface area contributed by atoms with Gasteiger partial charge in [0, 0.05) is 25.0 Å². The van der Waals surface area contributed by atoms with E-state index in [-0.39, 0.29) is 5.91 Å². The molecule has 0 saturated carbocycles.